The number of aliphatic hydroxyl groups is 1. The molecule has 0 unspecified atom stereocenters. The van der Waals surface area contributed by atoms with Crippen molar-refractivity contribution in [3.8, 4) is 17.1 Å². The summed E-state index contributed by atoms with van der Waals surface area (Å²) in [5.41, 5.74) is 0.921. The van der Waals surface area contributed by atoms with Crippen molar-refractivity contribution in [2.24, 2.45) is 0 Å². The summed E-state index contributed by atoms with van der Waals surface area (Å²) in [6, 6.07) is 7.57. The van der Waals surface area contributed by atoms with E-state index >= 15 is 0 Å². The molecule has 0 radical (unpaired) electrons. The van der Waals surface area contributed by atoms with E-state index in [4.69, 9.17) is 14.4 Å². The predicted octanol–water partition coefficient (Wildman–Crippen LogP) is 2.38. The van der Waals surface area contributed by atoms with Gasteiger partial charge in [-0.1, -0.05) is 5.16 Å². The second kappa shape index (κ2) is 5.40. The fourth-order valence-corrected chi connectivity index (χ4v) is 1.80. The van der Waals surface area contributed by atoms with Crippen LogP contribution in [0.3, 0.4) is 0 Å². The third kappa shape index (κ3) is 2.93. The van der Waals surface area contributed by atoms with Gasteiger partial charge in [-0.2, -0.15) is 4.98 Å². The second-order valence-electron chi connectivity index (χ2n) is 4.68. The van der Waals surface area contributed by atoms with Crippen molar-refractivity contribution in [2.75, 3.05) is 13.2 Å². The average molecular weight is 260 g/mol. The Balaban J connectivity index is 1.66. The summed E-state index contributed by atoms with van der Waals surface area (Å²) in [4.78, 5) is 4.40. The molecule has 3 rings (SSSR count). The maximum absolute atomic E-state index is 8.68. The molecule has 100 valence electrons. The molecule has 5 heteroatoms. The fourth-order valence-electron chi connectivity index (χ4n) is 1.80. The van der Waals surface area contributed by atoms with Crippen LogP contribution in [0, 0.1) is 0 Å². The number of hydrogen-bond acceptors (Lipinski definition) is 5. The first-order valence-corrected chi connectivity index (χ1v) is 6.54. The van der Waals surface area contributed by atoms with Crippen molar-refractivity contribution in [3.05, 3.63) is 30.2 Å². The van der Waals surface area contributed by atoms with Crippen LogP contribution in [0.2, 0.25) is 0 Å². The zero-order chi connectivity index (χ0) is 13.1. The van der Waals surface area contributed by atoms with Gasteiger partial charge < -0.3 is 14.4 Å². The van der Waals surface area contributed by atoms with Crippen molar-refractivity contribution in [1.29, 1.82) is 0 Å². The van der Waals surface area contributed by atoms with Crippen LogP contribution in [0.25, 0.3) is 11.4 Å². The number of rotatable bonds is 6. The molecule has 1 saturated carbocycles. The van der Waals surface area contributed by atoms with Crippen LogP contribution in [0.5, 0.6) is 5.75 Å². The number of nitrogens with zero attached hydrogens (tertiary/aromatic N) is 2. The molecule has 0 atom stereocenters. The van der Waals surface area contributed by atoms with Crippen LogP contribution in [-0.4, -0.2) is 28.5 Å². The van der Waals surface area contributed by atoms with E-state index in [1.165, 1.54) is 0 Å². The Morgan fingerprint density at radius 2 is 2.05 bits per heavy atom. The molecule has 1 aromatic heterocycles. The van der Waals surface area contributed by atoms with Crippen molar-refractivity contribution in [2.45, 2.75) is 25.2 Å². The Kier molecular flexibility index (Phi) is 3.46. The molecule has 1 aromatic carbocycles. The molecule has 1 N–H and O–H groups in total. The van der Waals surface area contributed by atoms with Crippen molar-refractivity contribution in [1.82, 2.24) is 10.1 Å². The van der Waals surface area contributed by atoms with Gasteiger partial charge in [0.1, 0.15) is 5.75 Å². The van der Waals surface area contributed by atoms with Crippen LogP contribution in [-0.2, 0) is 0 Å². The highest BCUT2D eigenvalue weighted by molar-refractivity contribution is 5.55. The monoisotopic (exact) mass is 260 g/mol. The molecule has 0 saturated heterocycles. The predicted molar refractivity (Wildman–Crippen MR) is 68.9 cm³/mol. The maximum atomic E-state index is 8.68. The molecule has 0 bridgehead atoms. The Bertz CT molecular complexity index is 532. The third-order valence-corrected chi connectivity index (χ3v) is 3.05. The van der Waals surface area contributed by atoms with E-state index in [1.807, 2.05) is 24.3 Å². The van der Waals surface area contributed by atoms with E-state index in [0.29, 0.717) is 24.8 Å². The molecule has 19 heavy (non-hydrogen) atoms. The van der Waals surface area contributed by atoms with E-state index in [1.54, 1.807) is 0 Å². The number of aliphatic hydroxyl groups excluding tert-OH is 1. The molecule has 0 spiro atoms. The summed E-state index contributed by atoms with van der Waals surface area (Å²) in [6.45, 7) is 0.661. The van der Waals surface area contributed by atoms with Gasteiger partial charge in [0.15, 0.2) is 0 Å². The van der Waals surface area contributed by atoms with E-state index in [2.05, 4.69) is 10.1 Å². The standard InChI is InChI=1S/C14H16N2O3/c17-8-1-9-18-12-6-4-10(5-7-12)13-15-14(19-16-13)11-2-3-11/h4-7,11,17H,1-3,8-9H2. The highest BCUT2D eigenvalue weighted by atomic mass is 16.5. The third-order valence-electron chi connectivity index (χ3n) is 3.05. The molecular weight excluding hydrogens is 244 g/mol. The first kappa shape index (κ1) is 12.2. The minimum absolute atomic E-state index is 0.144. The van der Waals surface area contributed by atoms with E-state index in [-0.39, 0.29) is 6.61 Å². The lowest BCUT2D eigenvalue weighted by atomic mass is 10.2. The van der Waals surface area contributed by atoms with Gasteiger partial charge in [-0.15, -0.1) is 0 Å². The lowest BCUT2D eigenvalue weighted by molar-refractivity contribution is 0.233. The first-order valence-electron chi connectivity index (χ1n) is 6.54. The summed E-state index contributed by atoms with van der Waals surface area (Å²) in [5.74, 6) is 2.63. The van der Waals surface area contributed by atoms with Crippen molar-refractivity contribution >= 4 is 0 Å². The molecule has 5 nitrogen and oxygen atoms in total. The fraction of sp³-hybridized carbons (Fsp3) is 0.429. The Morgan fingerprint density at radius 1 is 1.26 bits per heavy atom. The highest BCUT2D eigenvalue weighted by Crippen LogP contribution is 2.39. The van der Waals surface area contributed by atoms with Gasteiger partial charge >= 0.3 is 0 Å². The minimum atomic E-state index is 0.144. The van der Waals surface area contributed by atoms with Crippen LogP contribution in [0.15, 0.2) is 28.8 Å². The van der Waals surface area contributed by atoms with Gasteiger partial charge in [-0.3, -0.25) is 0 Å². The highest BCUT2D eigenvalue weighted by Gasteiger charge is 2.29. The van der Waals surface area contributed by atoms with Crippen LogP contribution >= 0.6 is 0 Å². The molecular formula is C14H16N2O3. The van der Waals surface area contributed by atoms with Gasteiger partial charge in [-0.25, -0.2) is 0 Å². The topological polar surface area (TPSA) is 68.4 Å². The molecule has 2 aromatic rings. The number of aromatic nitrogens is 2. The van der Waals surface area contributed by atoms with Gasteiger partial charge in [0, 0.05) is 24.5 Å². The number of ether oxygens (including phenoxy) is 1. The second-order valence-corrected chi connectivity index (χ2v) is 4.68. The summed E-state index contributed by atoms with van der Waals surface area (Å²) >= 11 is 0. The lowest BCUT2D eigenvalue weighted by Crippen LogP contribution is -1.99. The molecule has 1 fully saturated rings. The Labute approximate surface area is 111 Å². The largest absolute Gasteiger partial charge is 0.494 e. The summed E-state index contributed by atoms with van der Waals surface area (Å²) in [5, 5.41) is 12.7. The van der Waals surface area contributed by atoms with Crippen LogP contribution in [0.1, 0.15) is 31.1 Å². The quantitative estimate of drug-likeness (QED) is 0.807. The van der Waals surface area contributed by atoms with Gasteiger partial charge in [0.05, 0.1) is 6.61 Å². The zero-order valence-corrected chi connectivity index (χ0v) is 10.6. The minimum Gasteiger partial charge on any atom is -0.494 e. The molecule has 0 amide bonds. The van der Waals surface area contributed by atoms with Gasteiger partial charge in [0.25, 0.3) is 0 Å². The number of hydrogen-bond donors (Lipinski definition) is 1. The maximum Gasteiger partial charge on any atom is 0.230 e. The van der Waals surface area contributed by atoms with Crippen LogP contribution < -0.4 is 4.74 Å². The van der Waals surface area contributed by atoms with Crippen molar-refractivity contribution in [3.63, 3.8) is 0 Å². The summed E-state index contributed by atoms with van der Waals surface area (Å²) < 4.78 is 10.7. The molecule has 1 aliphatic rings. The normalized spacial score (nSPS) is 14.6. The van der Waals surface area contributed by atoms with Gasteiger partial charge in [0.2, 0.25) is 11.7 Å². The Hall–Kier alpha value is -1.88. The first-order chi connectivity index (χ1) is 9.36. The van der Waals surface area contributed by atoms with Crippen LogP contribution in [0.4, 0.5) is 0 Å². The molecule has 1 aliphatic carbocycles. The Morgan fingerprint density at radius 3 is 2.74 bits per heavy atom. The lowest BCUT2D eigenvalue weighted by Gasteiger charge is -2.04. The molecule has 1 heterocycles. The summed E-state index contributed by atoms with van der Waals surface area (Å²) in [7, 11) is 0. The molecule has 0 aliphatic heterocycles. The summed E-state index contributed by atoms with van der Waals surface area (Å²) in [6.07, 6.45) is 2.94. The van der Waals surface area contributed by atoms with Gasteiger partial charge in [-0.05, 0) is 37.1 Å². The van der Waals surface area contributed by atoms with E-state index in [9.17, 15) is 0 Å². The van der Waals surface area contributed by atoms with E-state index in [0.717, 1.165) is 30.0 Å². The van der Waals surface area contributed by atoms with Crippen molar-refractivity contribution < 1.29 is 14.4 Å². The van der Waals surface area contributed by atoms with E-state index < -0.39 is 0 Å². The smallest absolute Gasteiger partial charge is 0.230 e. The SMILES string of the molecule is OCCCOc1ccc(-c2noc(C3CC3)n2)cc1. The number of benzene rings is 1. The zero-order valence-electron chi connectivity index (χ0n) is 10.6. The average Bonchev–Trinajstić information content (AvgIpc) is 3.18.